The molecule has 0 radical (unpaired) electrons. The zero-order valence-electron chi connectivity index (χ0n) is 9.35. The van der Waals surface area contributed by atoms with Crippen LogP contribution in [-0.4, -0.2) is 17.8 Å². The molecule has 2 N–H and O–H groups in total. The Morgan fingerprint density at radius 2 is 1.41 bits per heavy atom. The summed E-state index contributed by atoms with van der Waals surface area (Å²) in [6.07, 6.45) is 0. The quantitative estimate of drug-likeness (QED) is 0.614. The summed E-state index contributed by atoms with van der Waals surface area (Å²) in [7, 11) is 0. The Bertz CT molecular complexity index is 447. The van der Waals surface area contributed by atoms with E-state index in [-0.39, 0.29) is 17.1 Å². The van der Waals surface area contributed by atoms with Crippen LogP contribution in [-0.2, 0) is 9.59 Å². The second-order valence-corrected chi connectivity index (χ2v) is 3.18. The Hall–Kier alpha value is -2.37. The number of ether oxygens (including phenoxy) is 2. The molecule has 0 saturated heterocycles. The number of hydrogen-bond donors (Lipinski definition) is 1. The number of amides is 1. The van der Waals surface area contributed by atoms with Gasteiger partial charge < -0.3 is 15.2 Å². The summed E-state index contributed by atoms with van der Waals surface area (Å²) in [5.74, 6) is -2.13. The lowest BCUT2D eigenvalue weighted by molar-refractivity contribution is -0.132. The molecular weight excluding hydrogens is 226 g/mol. The molecule has 0 saturated carbocycles. The standard InChI is InChI=1S/C11H11NO5/c1-6(13)16-8-4-3-5-9(17-7(2)14)10(8)11(12)15/h3-5H,1-2H3,(H2,12,15). The van der Waals surface area contributed by atoms with Crippen LogP contribution in [0.5, 0.6) is 11.5 Å². The Morgan fingerprint density at radius 1 is 1.00 bits per heavy atom. The number of esters is 2. The van der Waals surface area contributed by atoms with Gasteiger partial charge in [-0.05, 0) is 12.1 Å². The van der Waals surface area contributed by atoms with Gasteiger partial charge in [0.1, 0.15) is 17.1 Å². The molecule has 0 aliphatic heterocycles. The normalized spacial score (nSPS) is 9.53. The van der Waals surface area contributed by atoms with Crippen LogP contribution in [0, 0.1) is 0 Å². The highest BCUT2D eigenvalue weighted by molar-refractivity contribution is 5.99. The molecular formula is C11H11NO5. The summed E-state index contributed by atoms with van der Waals surface area (Å²) in [5, 5.41) is 0. The molecule has 0 spiro atoms. The molecule has 1 aromatic carbocycles. The number of benzene rings is 1. The predicted molar refractivity (Wildman–Crippen MR) is 57.6 cm³/mol. The van der Waals surface area contributed by atoms with Gasteiger partial charge in [0.05, 0.1) is 0 Å². The van der Waals surface area contributed by atoms with E-state index in [0.29, 0.717) is 0 Å². The summed E-state index contributed by atoms with van der Waals surface area (Å²) < 4.78 is 9.60. The third-order valence-corrected chi connectivity index (χ3v) is 1.74. The van der Waals surface area contributed by atoms with Gasteiger partial charge in [-0.3, -0.25) is 14.4 Å². The first-order valence-corrected chi connectivity index (χ1v) is 4.71. The molecule has 1 aromatic rings. The van der Waals surface area contributed by atoms with Gasteiger partial charge in [-0.15, -0.1) is 0 Å². The van der Waals surface area contributed by atoms with Gasteiger partial charge in [0, 0.05) is 13.8 Å². The molecule has 0 atom stereocenters. The molecule has 6 nitrogen and oxygen atoms in total. The lowest BCUT2D eigenvalue weighted by Gasteiger charge is -2.10. The molecule has 0 aliphatic carbocycles. The number of carbonyl (C=O) groups is 3. The highest BCUT2D eigenvalue weighted by atomic mass is 16.5. The van der Waals surface area contributed by atoms with Gasteiger partial charge in [-0.1, -0.05) is 6.07 Å². The summed E-state index contributed by atoms with van der Waals surface area (Å²) in [6, 6.07) is 4.24. The van der Waals surface area contributed by atoms with Crippen LogP contribution in [0.3, 0.4) is 0 Å². The lowest BCUT2D eigenvalue weighted by atomic mass is 10.1. The number of carbonyl (C=O) groups excluding carboxylic acids is 3. The molecule has 0 bridgehead atoms. The fourth-order valence-electron chi connectivity index (χ4n) is 1.23. The fraction of sp³-hybridized carbons (Fsp3) is 0.182. The molecule has 0 aliphatic rings. The van der Waals surface area contributed by atoms with E-state index in [4.69, 9.17) is 15.2 Å². The van der Waals surface area contributed by atoms with E-state index in [1.807, 2.05) is 0 Å². The predicted octanol–water partition coefficient (Wildman–Crippen LogP) is 0.636. The zero-order valence-corrected chi connectivity index (χ0v) is 9.35. The number of rotatable bonds is 3. The average molecular weight is 237 g/mol. The molecule has 0 aromatic heterocycles. The highest BCUT2D eigenvalue weighted by Crippen LogP contribution is 2.28. The maximum absolute atomic E-state index is 11.2. The van der Waals surface area contributed by atoms with E-state index in [2.05, 4.69) is 0 Å². The summed E-state index contributed by atoms with van der Waals surface area (Å²) in [5.41, 5.74) is 5.00. The first-order valence-electron chi connectivity index (χ1n) is 4.71. The van der Waals surface area contributed by atoms with Gasteiger partial charge in [0.25, 0.3) is 5.91 Å². The van der Waals surface area contributed by atoms with Crippen molar-refractivity contribution < 1.29 is 23.9 Å². The Morgan fingerprint density at radius 3 is 1.71 bits per heavy atom. The van der Waals surface area contributed by atoms with E-state index in [9.17, 15) is 14.4 Å². The average Bonchev–Trinajstić information content (AvgIpc) is 2.14. The molecule has 17 heavy (non-hydrogen) atoms. The maximum atomic E-state index is 11.2. The van der Waals surface area contributed by atoms with E-state index < -0.39 is 17.8 Å². The van der Waals surface area contributed by atoms with Crippen molar-refractivity contribution in [3.8, 4) is 11.5 Å². The van der Waals surface area contributed by atoms with Gasteiger partial charge in [-0.25, -0.2) is 0 Å². The molecule has 1 amide bonds. The summed E-state index contributed by atoms with van der Waals surface area (Å²) in [4.78, 5) is 32.9. The van der Waals surface area contributed by atoms with Crippen molar-refractivity contribution in [3.05, 3.63) is 23.8 Å². The second kappa shape index (κ2) is 5.11. The van der Waals surface area contributed by atoms with Gasteiger partial charge in [-0.2, -0.15) is 0 Å². The van der Waals surface area contributed by atoms with Gasteiger partial charge in [0.15, 0.2) is 0 Å². The molecule has 6 heteroatoms. The van der Waals surface area contributed by atoms with Crippen molar-refractivity contribution in [1.82, 2.24) is 0 Å². The molecule has 90 valence electrons. The Kier molecular flexibility index (Phi) is 3.82. The molecule has 1 rings (SSSR count). The minimum atomic E-state index is -0.849. The van der Waals surface area contributed by atoms with Crippen molar-refractivity contribution in [2.24, 2.45) is 5.73 Å². The van der Waals surface area contributed by atoms with Crippen molar-refractivity contribution in [2.75, 3.05) is 0 Å². The topological polar surface area (TPSA) is 95.7 Å². The van der Waals surface area contributed by atoms with Crippen molar-refractivity contribution in [1.29, 1.82) is 0 Å². The van der Waals surface area contributed by atoms with Crippen LogP contribution in [0.4, 0.5) is 0 Å². The first-order chi connectivity index (χ1) is 7.91. The van der Waals surface area contributed by atoms with Crippen LogP contribution in [0.15, 0.2) is 18.2 Å². The fourth-order valence-corrected chi connectivity index (χ4v) is 1.23. The van der Waals surface area contributed by atoms with Gasteiger partial charge in [0.2, 0.25) is 0 Å². The SMILES string of the molecule is CC(=O)Oc1cccc(OC(C)=O)c1C(N)=O. The monoisotopic (exact) mass is 237 g/mol. The van der Waals surface area contributed by atoms with E-state index in [1.54, 1.807) is 0 Å². The zero-order chi connectivity index (χ0) is 13.0. The summed E-state index contributed by atoms with van der Waals surface area (Å²) in [6.45, 7) is 2.37. The second-order valence-electron chi connectivity index (χ2n) is 3.18. The largest absolute Gasteiger partial charge is 0.426 e. The van der Waals surface area contributed by atoms with Crippen LogP contribution in [0.1, 0.15) is 24.2 Å². The third-order valence-electron chi connectivity index (χ3n) is 1.74. The minimum Gasteiger partial charge on any atom is -0.426 e. The molecule has 0 fully saturated rings. The Balaban J connectivity index is 3.26. The van der Waals surface area contributed by atoms with E-state index in [0.717, 1.165) is 0 Å². The number of nitrogens with two attached hydrogens (primary N) is 1. The van der Waals surface area contributed by atoms with Crippen molar-refractivity contribution >= 4 is 17.8 Å². The first kappa shape index (κ1) is 12.7. The third kappa shape index (κ3) is 3.30. The molecule has 0 unspecified atom stereocenters. The van der Waals surface area contributed by atoms with E-state index >= 15 is 0 Å². The highest BCUT2D eigenvalue weighted by Gasteiger charge is 2.18. The van der Waals surface area contributed by atoms with E-state index in [1.165, 1.54) is 32.0 Å². The number of primary amides is 1. The maximum Gasteiger partial charge on any atom is 0.308 e. The smallest absolute Gasteiger partial charge is 0.308 e. The minimum absolute atomic E-state index is 0.0382. The van der Waals surface area contributed by atoms with Crippen LogP contribution < -0.4 is 15.2 Å². The van der Waals surface area contributed by atoms with Crippen LogP contribution >= 0.6 is 0 Å². The number of hydrogen-bond acceptors (Lipinski definition) is 5. The lowest BCUT2D eigenvalue weighted by Crippen LogP contribution is -2.17. The molecule has 0 heterocycles. The van der Waals surface area contributed by atoms with Crippen LogP contribution in [0.2, 0.25) is 0 Å². The van der Waals surface area contributed by atoms with Crippen molar-refractivity contribution in [3.63, 3.8) is 0 Å². The van der Waals surface area contributed by atoms with Gasteiger partial charge >= 0.3 is 11.9 Å². The van der Waals surface area contributed by atoms with Crippen molar-refractivity contribution in [2.45, 2.75) is 13.8 Å². The Labute approximate surface area is 97.3 Å². The summed E-state index contributed by atoms with van der Waals surface area (Å²) >= 11 is 0. The van der Waals surface area contributed by atoms with Crippen LogP contribution in [0.25, 0.3) is 0 Å².